The van der Waals surface area contributed by atoms with Gasteiger partial charge in [0, 0.05) is 21.9 Å². The van der Waals surface area contributed by atoms with E-state index in [1.807, 2.05) is 6.07 Å². The molecule has 0 bridgehead atoms. The van der Waals surface area contributed by atoms with E-state index in [1.165, 1.54) is 12.1 Å². The minimum absolute atomic E-state index is 0.192. The van der Waals surface area contributed by atoms with Crippen molar-refractivity contribution in [3.05, 3.63) is 35.8 Å². The summed E-state index contributed by atoms with van der Waals surface area (Å²) in [7, 11) is 0. The maximum absolute atomic E-state index is 12.7. The van der Waals surface area contributed by atoms with Crippen LogP contribution < -0.4 is 0 Å². The molecule has 1 heterocycles. The molecule has 1 nitrogen and oxygen atoms in total. The highest BCUT2D eigenvalue weighted by Crippen LogP contribution is 2.17. The number of H-pyrrole nitrogens is 1. The molecule has 0 saturated carbocycles. The molecule has 0 fully saturated rings. The summed E-state index contributed by atoms with van der Waals surface area (Å²) in [5, 5.41) is 1.69. The molecule has 3 heteroatoms. The Labute approximate surface area is 77.7 Å². The van der Waals surface area contributed by atoms with Gasteiger partial charge in [0.15, 0.2) is 0 Å². The Morgan fingerprint density at radius 1 is 1.33 bits per heavy atom. The first-order valence-electron chi connectivity index (χ1n) is 3.63. The number of benzene rings is 1. The van der Waals surface area contributed by atoms with Crippen LogP contribution in [-0.2, 0) is 5.33 Å². The Morgan fingerprint density at radius 3 is 2.92 bits per heavy atom. The van der Waals surface area contributed by atoms with Crippen LogP contribution in [0.1, 0.15) is 5.69 Å². The maximum atomic E-state index is 12.7. The summed E-state index contributed by atoms with van der Waals surface area (Å²) < 4.78 is 12.7. The van der Waals surface area contributed by atoms with Crippen LogP contribution in [0.25, 0.3) is 10.9 Å². The monoisotopic (exact) mass is 227 g/mol. The second kappa shape index (κ2) is 2.90. The minimum atomic E-state index is -0.192. The second-order valence-corrected chi connectivity index (χ2v) is 3.22. The van der Waals surface area contributed by atoms with Crippen LogP contribution in [0.4, 0.5) is 4.39 Å². The first-order valence-corrected chi connectivity index (χ1v) is 4.75. The molecule has 12 heavy (non-hydrogen) atoms. The van der Waals surface area contributed by atoms with Gasteiger partial charge in [-0.2, -0.15) is 0 Å². The molecule has 0 aliphatic heterocycles. The third-order valence-corrected chi connectivity index (χ3v) is 2.39. The number of rotatable bonds is 1. The number of nitrogens with one attached hydrogen (secondary N) is 1. The van der Waals surface area contributed by atoms with Gasteiger partial charge in [-0.05, 0) is 24.3 Å². The van der Waals surface area contributed by atoms with Crippen LogP contribution in [0.2, 0.25) is 0 Å². The molecule has 0 amide bonds. The van der Waals surface area contributed by atoms with E-state index in [2.05, 4.69) is 20.9 Å². The summed E-state index contributed by atoms with van der Waals surface area (Å²) in [6.45, 7) is 0. The molecule has 0 unspecified atom stereocenters. The number of halogens is 2. The summed E-state index contributed by atoms with van der Waals surface area (Å²) >= 11 is 3.33. The van der Waals surface area contributed by atoms with E-state index in [9.17, 15) is 4.39 Å². The van der Waals surface area contributed by atoms with Crippen molar-refractivity contribution in [3.8, 4) is 0 Å². The molecule has 0 radical (unpaired) electrons. The van der Waals surface area contributed by atoms with Gasteiger partial charge in [-0.25, -0.2) is 4.39 Å². The van der Waals surface area contributed by atoms with Crippen molar-refractivity contribution in [1.82, 2.24) is 4.98 Å². The van der Waals surface area contributed by atoms with Crippen LogP contribution >= 0.6 is 15.9 Å². The van der Waals surface area contributed by atoms with E-state index in [-0.39, 0.29) is 5.82 Å². The highest BCUT2D eigenvalue weighted by molar-refractivity contribution is 9.08. The fraction of sp³-hybridized carbons (Fsp3) is 0.111. The third kappa shape index (κ3) is 1.25. The predicted molar refractivity (Wildman–Crippen MR) is 50.9 cm³/mol. The molecule has 1 aromatic heterocycles. The summed E-state index contributed by atoms with van der Waals surface area (Å²) in [5.74, 6) is -0.192. The molecule has 1 N–H and O–H groups in total. The van der Waals surface area contributed by atoms with E-state index in [1.54, 1.807) is 6.07 Å². The van der Waals surface area contributed by atoms with Gasteiger partial charge in [0.25, 0.3) is 0 Å². The first kappa shape index (κ1) is 7.80. The zero-order valence-corrected chi connectivity index (χ0v) is 7.86. The molecule has 2 rings (SSSR count). The Morgan fingerprint density at radius 2 is 2.17 bits per heavy atom. The second-order valence-electron chi connectivity index (χ2n) is 2.66. The number of aromatic amines is 1. The largest absolute Gasteiger partial charge is 0.358 e. The lowest BCUT2D eigenvalue weighted by Crippen LogP contribution is -1.73. The molecular weight excluding hydrogens is 221 g/mol. The zero-order valence-electron chi connectivity index (χ0n) is 6.27. The molecule has 1 aromatic carbocycles. The predicted octanol–water partition coefficient (Wildman–Crippen LogP) is 3.20. The molecule has 0 aliphatic carbocycles. The van der Waals surface area contributed by atoms with Crippen molar-refractivity contribution in [3.63, 3.8) is 0 Å². The highest BCUT2D eigenvalue weighted by atomic mass is 79.9. The summed E-state index contributed by atoms with van der Waals surface area (Å²) in [5.41, 5.74) is 2.04. The lowest BCUT2D eigenvalue weighted by molar-refractivity contribution is 0.630. The van der Waals surface area contributed by atoms with Gasteiger partial charge in [0.05, 0.1) is 0 Å². The normalized spacial score (nSPS) is 10.8. The van der Waals surface area contributed by atoms with Gasteiger partial charge >= 0.3 is 0 Å². The Balaban J connectivity index is 2.67. The van der Waals surface area contributed by atoms with Gasteiger partial charge in [-0.3, -0.25) is 0 Å². The van der Waals surface area contributed by atoms with Crippen molar-refractivity contribution >= 4 is 26.8 Å². The van der Waals surface area contributed by atoms with Crippen LogP contribution in [0.5, 0.6) is 0 Å². The van der Waals surface area contributed by atoms with Crippen LogP contribution in [0.15, 0.2) is 24.3 Å². The highest BCUT2D eigenvalue weighted by Gasteiger charge is 1.99. The third-order valence-electron chi connectivity index (χ3n) is 1.78. The van der Waals surface area contributed by atoms with Gasteiger partial charge in [-0.15, -0.1) is 0 Å². The van der Waals surface area contributed by atoms with Gasteiger partial charge in [-0.1, -0.05) is 15.9 Å². The number of hydrogen-bond donors (Lipinski definition) is 1. The number of aromatic nitrogens is 1. The molecule has 62 valence electrons. The molecule has 0 saturated heterocycles. The molecular formula is C9H7BrFN. The van der Waals surface area contributed by atoms with E-state index < -0.39 is 0 Å². The average molecular weight is 228 g/mol. The van der Waals surface area contributed by atoms with Crippen molar-refractivity contribution in [2.75, 3.05) is 0 Å². The summed E-state index contributed by atoms with van der Waals surface area (Å²) in [6.07, 6.45) is 0. The van der Waals surface area contributed by atoms with Crippen molar-refractivity contribution in [1.29, 1.82) is 0 Å². The average Bonchev–Trinajstić information content (AvgIpc) is 2.46. The lowest BCUT2D eigenvalue weighted by atomic mass is 10.2. The van der Waals surface area contributed by atoms with E-state index >= 15 is 0 Å². The number of fused-ring (bicyclic) bond motifs is 1. The van der Waals surface area contributed by atoms with Crippen LogP contribution in [0, 0.1) is 5.82 Å². The number of hydrogen-bond acceptors (Lipinski definition) is 0. The molecule has 0 spiro atoms. The van der Waals surface area contributed by atoms with Crippen molar-refractivity contribution in [2.24, 2.45) is 0 Å². The summed E-state index contributed by atoms with van der Waals surface area (Å²) in [4.78, 5) is 3.16. The Kier molecular flexibility index (Phi) is 1.89. The molecule has 0 aliphatic rings. The van der Waals surface area contributed by atoms with Crippen LogP contribution in [-0.4, -0.2) is 4.98 Å². The van der Waals surface area contributed by atoms with Gasteiger partial charge in [0.2, 0.25) is 0 Å². The lowest BCUT2D eigenvalue weighted by Gasteiger charge is -1.87. The van der Waals surface area contributed by atoms with E-state index in [0.717, 1.165) is 21.9 Å². The number of alkyl halides is 1. The summed E-state index contributed by atoms with van der Waals surface area (Å²) in [6, 6.07) is 6.67. The topological polar surface area (TPSA) is 15.8 Å². The van der Waals surface area contributed by atoms with Crippen LogP contribution in [0.3, 0.4) is 0 Å². The standard InChI is InChI=1S/C9H7BrFN/c10-5-8-4-6-3-7(11)1-2-9(6)12-8/h1-4,12H,5H2. The SMILES string of the molecule is Fc1ccc2[nH]c(CBr)cc2c1. The van der Waals surface area contributed by atoms with Gasteiger partial charge in [0.1, 0.15) is 5.82 Å². The maximum Gasteiger partial charge on any atom is 0.123 e. The van der Waals surface area contributed by atoms with E-state index in [0.29, 0.717) is 0 Å². The van der Waals surface area contributed by atoms with Crippen molar-refractivity contribution < 1.29 is 4.39 Å². The Hall–Kier alpha value is -0.830. The van der Waals surface area contributed by atoms with Gasteiger partial charge < -0.3 is 4.98 Å². The quantitative estimate of drug-likeness (QED) is 0.721. The zero-order chi connectivity index (χ0) is 8.55. The van der Waals surface area contributed by atoms with Crippen molar-refractivity contribution in [2.45, 2.75) is 5.33 Å². The molecule has 2 aromatic rings. The van der Waals surface area contributed by atoms with E-state index in [4.69, 9.17) is 0 Å². The Bertz CT molecular complexity index is 408. The fourth-order valence-electron chi connectivity index (χ4n) is 1.24. The minimum Gasteiger partial charge on any atom is -0.358 e. The molecule has 0 atom stereocenters. The smallest absolute Gasteiger partial charge is 0.123 e. The fourth-order valence-corrected chi connectivity index (χ4v) is 1.54. The first-order chi connectivity index (χ1) is 5.79.